The van der Waals surface area contributed by atoms with Gasteiger partial charge in [-0.2, -0.15) is 0 Å². The molecule has 1 aliphatic rings. The molecule has 2 nitrogen and oxygen atoms in total. The number of hydrogen-bond donors (Lipinski definition) is 1. The number of nitrogens with two attached hydrogens (primary N) is 1. The van der Waals surface area contributed by atoms with Gasteiger partial charge in [0.05, 0.1) is 6.61 Å². The van der Waals surface area contributed by atoms with E-state index in [1.54, 1.807) is 7.85 Å². The summed E-state index contributed by atoms with van der Waals surface area (Å²) in [6.07, 6.45) is 2.24. The smallest absolute Gasteiger partial charge is 0.168 e. The van der Waals surface area contributed by atoms with Crippen LogP contribution >= 0.6 is 0 Å². The number of hydrogen-bond acceptors (Lipinski definition) is 2. The van der Waals surface area contributed by atoms with Crippen molar-refractivity contribution in [1.29, 1.82) is 0 Å². The molecule has 0 aromatic heterocycles. The second-order valence-corrected chi connectivity index (χ2v) is 4.35. The highest BCUT2D eigenvalue weighted by Gasteiger charge is 2.24. The van der Waals surface area contributed by atoms with E-state index in [9.17, 15) is 8.78 Å². The maximum absolute atomic E-state index is 13.5. The maximum atomic E-state index is 13.5. The van der Waals surface area contributed by atoms with E-state index in [1.807, 2.05) is 0 Å². The molecule has 16 heavy (non-hydrogen) atoms. The molecule has 0 saturated heterocycles. The lowest BCUT2D eigenvalue weighted by Crippen LogP contribution is -2.14. The van der Waals surface area contributed by atoms with Crippen molar-refractivity contribution in [3.8, 4) is 5.75 Å². The Bertz CT molecular complexity index is 394. The molecule has 2 N–H and O–H groups in total. The average Bonchev–Trinajstić information content (AvgIpc) is 2.98. The summed E-state index contributed by atoms with van der Waals surface area (Å²) in [6, 6.07) is 2.06. The maximum Gasteiger partial charge on any atom is 0.168 e. The highest BCUT2D eigenvalue weighted by molar-refractivity contribution is 6.12. The van der Waals surface area contributed by atoms with Gasteiger partial charge in [0.15, 0.2) is 11.6 Å². The quantitative estimate of drug-likeness (QED) is 0.785. The van der Waals surface area contributed by atoms with Crippen LogP contribution in [-0.4, -0.2) is 14.5 Å². The molecule has 0 heterocycles. The van der Waals surface area contributed by atoms with Crippen molar-refractivity contribution in [3.63, 3.8) is 0 Å². The summed E-state index contributed by atoms with van der Waals surface area (Å²) in [5, 5.41) is 0. The zero-order valence-electron chi connectivity index (χ0n) is 9.17. The molecule has 2 rings (SSSR count). The number of ether oxygens (including phenoxy) is 1. The van der Waals surface area contributed by atoms with E-state index < -0.39 is 17.6 Å². The van der Waals surface area contributed by atoms with Crippen molar-refractivity contribution in [3.05, 3.63) is 29.3 Å². The van der Waals surface area contributed by atoms with Crippen LogP contribution in [0.3, 0.4) is 0 Å². The summed E-state index contributed by atoms with van der Waals surface area (Å²) in [5.74, 6) is -1.12. The Kier molecular flexibility index (Phi) is 3.14. The first kappa shape index (κ1) is 11.4. The minimum Gasteiger partial charge on any atom is -0.490 e. The van der Waals surface area contributed by atoms with E-state index in [-0.39, 0.29) is 5.75 Å². The Labute approximate surface area is 94.2 Å². The van der Waals surface area contributed by atoms with Gasteiger partial charge in [-0.25, -0.2) is 8.78 Å². The first-order valence-electron chi connectivity index (χ1n) is 5.45. The Morgan fingerprint density at radius 2 is 2.12 bits per heavy atom. The van der Waals surface area contributed by atoms with Crippen LogP contribution in [0.15, 0.2) is 12.1 Å². The molecule has 1 aromatic rings. The Balaban J connectivity index is 2.24. The summed E-state index contributed by atoms with van der Waals surface area (Å²) < 4.78 is 31.9. The molecule has 1 aromatic carbocycles. The van der Waals surface area contributed by atoms with E-state index in [0.29, 0.717) is 18.1 Å². The molecular formula is C11H14BF2NO. The molecule has 5 heteroatoms. The van der Waals surface area contributed by atoms with Gasteiger partial charge in [0.2, 0.25) is 0 Å². The minimum atomic E-state index is -0.673. The zero-order chi connectivity index (χ0) is 11.7. The van der Waals surface area contributed by atoms with Crippen molar-refractivity contribution in [2.24, 2.45) is 11.7 Å². The van der Waals surface area contributed by atoms with E-state index in [1.165, 1.54) is 6.07 Å². The van der Waals surface area contributed by atoms with E-state index in [0.717, 1.165) is 18.9 Å². The lowest BCUT2D eigenvalue weighted by molar-refractivity contribution is 0.281. The first-order valence-corrected chi connectivity index (χ1v) is 5.45. The van der Waals surface area contributed by atoms with Crippen molar-refractivity contribution in [2.75, 3.05) is 6.61 Å². The lowest BCUT2D eigenvalue weighted by atomic mass is 9.89. The van der Waals surface area contributed by atoms with Crippen LogP contribution in [0.2, 0.25) is 0 Å². The van der Waals surface area contributed by atoms with Crippen LogP contribution < -0.4 is 10.5 Å². The molecule has 0 radical (unpaired) electrons. The van der Waals surface area contributed by atoms with Gasteiger partial charge < -0.3 is 10.5 Å². The third-order valence-corrected chi connectivity index (χ3v) is 2.69. The first-order chi connectivity index (χ1) is 7.58. The number of halogens is 2. The van der Waals surface area contributed by atoms with Gasteiger partial charge in [0.25, 0.3) is 0 Å². The highest BCUT2D eigenvalue weighted by atomic mass is 19.1. The largest absolute Gasteiger partial charge is 0.490 e. The van der Waals surface area contributed by atoms with Gasteiger partial charge in [0.1, 0.15) is 13.7 Å². The van der Waals surface area contributed by atoms with Crippen molar-refractivity contribution < 1.29 is 13.5 Å². The van der Waals surface area contributed by atoms with Crippen LogP contribution in [0.4, 0.5) is 8.78 Å². The molecular weight excluding hydrogens is 211 g/mol. The number of rotatable bonds is 4. The molecule has 86 valence electrons. The molecule has 1 saturated carbocycles. The average molecular weight is 225 g/mol. The van der Waals surface area contributed by atoms with Crippen LogP contribution in [0.5, 0.6) is 5.75 Å². The van der Waals surface area contributed by atoms with Crippen LogP contribution in [0.1, 0.15) is 24.3 Å². The fraction of sp³-hybridized carbons (Fsp3) is 0.455. The molecule has 1 fully saturated rings. The summed E-state index contributed by atoms with van der Waals surface area (Å²) in [4.78, 5) is 0. The fourth-order valence-electron chi connectivity index (χ4n) is 1.56. The fourth-order valence-corrected chi connectivity index (χ4v) is 1.56. The molecule has 1 unspecified atom stereocenters. The third-order valence-electron chi connectivity index (χ3n) is 2.69. The third kappa shape index (κ3) is 2.53. The second-order valence-electron chi connectivity index (χ2n) is 4.35. The normalized spacial score (nSPS) is 17.2. The van der Waals surface area contributed by atoms with Crippen molar-refractivity contribution >= 4 is 7.85 Å². The van der Waals surface area contributed by atoms with Gasteiger partial charge >= 0.3 is 0 Å². The van der Waals surface area contributed by atoms with Crippen LogP contribution in [0.25, 0.3) is 0 Å². The van der Waals surface area contributed by atoms with E-state index in [2.05, 4.69) is 0 Å². The van der Waals surface area contributed by atoms with Crippen molar-refractivity contribution in [1.82, 2.24) is 0 Å². The topological polar surface area (TPSA) is 35.2 Å². The lowest BCUT2D eigenvalue weighted by Gasteiger charge is -2.14. The Hall–Kier alpha value is -1.10. The SMILES string of the molecule is BC(N)c1cc(F)cc(F)c1OCC1CC1. The second kappa shape index (κ2) is 4.41. The summed E-state index contributed by atoms with van der Waals surface area (Å²) in [5.41, 5.74) is 6.05. The highest BCUT2D eigenvalue weighted by Crippen LogP contribution is 2.32. The summed E-state index contributed by atoms with van der Waals surface area (Å²) in [6.45, 7) is 0.488. The van der Waals surface area contributed by atoms with Gasteiger partial charge in [-0.1, -0.05) is 0 Å². The zero-order valence-corrected chi connectivity index (χ0v) is 9.17. The van der Waals surface area contributed by atoms with Gasteiger partial charge in [-0.3, -0.25) is 0 Å². The van der Waals surface area contributed by atoms with Gasteiger partial charge in [-0.15, -0.1) is 0 Å². The standard InChI is InChI=1S/C11H14BF2NO/c12-11(15)8-3-7(13)4-9(14)10(8)16-5-6-1-2-6/h3-4,6,11H,1-2,5,12,15H2. The molecule has 0 aliphatic heterocycles. The van der Waals surface area contributed by atoms with Gasteiger partial charge in [-0.05, 0) is 24.8 Å². The monoisotopic (exact) mass is 225 g/mol. The predicted molar refractivity (Wildman–Crippen MR) is 60.0 cm³/mol. The van der Waals surface area contributed by atoms with Gasteiger partial charge in [0, 0.05) is 17.6 Å². The van der Waals surface area contributed by atoms with E-state index in [4.69, 9.17) is 10.5 Å². The molecule has 1 aliphatic carbocycles. The molecule has 0 amide bonds. The van der Waals surface area contributed by atoms with Crippen molar-refractivity contribution in [2.45, 2.75) is 18.8 Å². The summed E-state index contributed by atoms with van der Waals surface area (Å²) in [7, 11) is 1.68. The molecule has 1 atom stereocenters. The summed E-state index contributed by atoms with van der Waals surface area (Å²) >= 11 is 0. The van der Waals surface area contributed by atoms with Crippen LogP contribution in [-0.2, 0) is 0 Å². The van der Waals surface area contributed by atoms with E-state index >= 15 is 0 Å². The molecule has 0 spiro atoms. The molecule has 0 bridgehead atoms. The minimum absolute atomic E-state index is 0.100. The number of benzene rings is 1. The Morgan fingerprint density at radius 1 is 1.44 bits per heavy atom. The Morgan fingerprint density at radius 3 is 2.69 bits per heavy atom. The predicted octanol–water partition coefficient (Wildman–Crippen LogP) is 1.34. The van der Waals surface area contributed by atoms with Crippen LogP contribution in [0, 0.1) is 17.6 Å².